The zero-order valence-corrected chi connectivity index (χ0v) is 10.8. The largest absolute Gasteiger partial charge is 0.395 e. The molecule has 2 N–H and O–H groups in total. The van der Waals surface area contributed by atoms with E-state index in [9.17, 15) is 9.90 Å². The lowest BCUT2D eigenvalue weighted by molar-refractivity contribution is 0.0889. The maximum atomic E-state index is 12.4. The summed E-state index contributed by atoms with van der Waals surface area (Å²) in [5, 5.41) is 10.3. The average molecular weight is 258 g/mol. The van der Waals surface area contributed by atoms with Crippen LogP contribution in [-0.4, -0.2) is 46.5 Å². The lowest BCUT2D eigenvalue weighted by Crippen LogP contribution is -2.36. The summed E-state index contributed by atoms with van der Waals surface area (Å²) in [5.74, 6) is 0.123. The maximum Gasteiger partial charge on any atom is 0.178 e. The third-order valence-corrected chi connectivity index (χ3v) is 3.95. The number of aromatic nitrogens is 1. The van der Waals surface area contributed by atoms with Gasteiger partial charge in [0, 0.05) is 28.7 Å². The van der Waals surface area contributed by atoms with E-state index >= 15 is 0 Å². The number of para-hydroxylation sites is 1. The Labute approximate surface area is 112 Å². The Morgan fingerprint density at radius 3 is 3.11 bits per heavy atom. The van der Waals surface area contributed by atoms with Crippen LogP contribution in [0, 0.1) is 0 Å². The number of H-pyrrole nitrogens is 1. The highest BCUT2D eigenvalue weighted by Crippen LogP contribution is 2.21. The van der Waals surface area contributed by atoms with Crippen molar-refractivity contribution in [1.82, 2.24) is 9.88 Å². The second-order valence-corrected chi connectivity index (χ2v) is 5.12. The lowest BCUT2D eigenvalue weighted by Gasteiger charge is -2.21. The predicted molar refractivity (Wildman–Crippen MR) is 74.3 cm³/mol. The third kappa shape index (κ3) is 2.29. The number of ketones is 1. The summed E-state index contributed by atoms with van der Waals surface area (Å²) in [6.45, 7) is 1.44. The smallest absolute Gasteiger partial charge is 0.178 e. The quantitative estimate of drug-likeness (QED) is 0.822. The molecule has 3 rings (SSSR count). The summed E-state index contributed by atoms with van der Waals surface area (Å²) in [7, 11) is 0. The van der Waals surface area contributed by atoms with Gasteiger partial charge in [0.25, 0.3) is 0 Å². The van der Waals surface area contributed by atoms with E-state index < -0.39 is 0 Å². The van der Waals surface area contributed by atoms with E-state index in [2.05, 4.69) is 9.88 Å². The van der Waals surface area contributed by atoms with Crippen molar-refractivity contribution >= 4 is 16.7 Å². The van der Waals surface area contributed by atoms with E-state index in [4.69, 9.17) is 0 Å². The van der Waals surface area contributed by atoms with Crippen LogP contribution in [0.3, 0.4) is 0 Å². The number of carbonyl (C=O) groups excluding carboxylic acids is 1. The number of benzene rings is 1. The van der Waals surface area contributed by atoms with Gasteiger partial charge in [-0.3, -0.25) is 9.69 Å². The SMILES string of the molecule is O=C(CN1CCC[C@H]1CO)c1c[nH]c2ccccc12. The molecule has 1 aliphatic rings. The Morgan fingerprint density at radius 1 is 1.42 bits per heavy atom. The molecule has 100 valence electrons. The zero-order chi connectivity index (χ0) is 13.2. The molecule has 0 bridgehead atoms. The van der Waals surface area contributed by atoms with Crippen molar-refractivity contribution < 1.29 is 9.90 Å². The van der Waals surface area contributed by atoms with Gasteiger partial charge in [0.15, 0.2) is 5.78 Å². The minimum absolute atomic E-state index is 0.123. The standard InChI is InChI=1S/C15H18N2O2/c18-10-11-4-3-7-17(11)9-15(19)13-8-16-14-6-2-1-5-12(13)14/h1-2,5-6,8,11,16,18H,3-4,7,9-10H2/t11-/m0/s1. The summed E-state index contributed by atoms with van der Waals surface area (Å²) in [5.41, 5.74) is 1.74. The molecule has 0 spiro atoms. The van der Waals surface area contributed by atoms with Gasteiger partial charge in [-0.05, 0) is 25.5 Å². The molecule has 0 amide bonds. The highest BCUT2D eigenvalue weighted by molar-refractivity contribution is 6.08. The first-order valence-corrected chi connectivity index (χ1v) is 6.74. The molecule has 1 saturated heterocycles. The Bertz CT molecular complexity index is 591. The summed E-state index contributed by atoms with van der Waals surface area (Å²) >= 11 is 0. The minimum Gasteiger partial charge on any atom is -0.395 e. The maximum absolute atomic E-state index is 12.4. The fraction of sp³-hybridized carbons (Fsp3) is 0.400. The van der Waals surface area contributed by atoms with E-state index in [1.807, 2.05) is 24.3 Å². The van der Waals surface area contributed by atoms with E-state index in [-0.39, 0.29) is 18.4 Å². The number of hydrogen-bond donors (Lipinski definition) is 2. The van der Waals surface area contributed by atoms with Crippen LogP contribution in [0.25, 0.3) is 10.9 Å². The van der Waals surface area contributed by atoms with Crippen LogP contribution in [0.1, 0.15) is 23.2 Å². The molecular weight excluding hydrogens is 240 g/mol. The van der Waals surface area contributed by atoms with Gasteiger partial charge in [-0.25, -0.2) is 0 Å². The van der Waals surface area contributed by atoms with Gasteiger partial charge < -0.3 is 10.1 Å². The second kappa shape index (κ2) is 5.15. The van der Waals surface area contributed by atoms with Gasteiger partial charge in [-0.2, -0.15) is 0 Å². The molecule has 4 heteroatoms. The molecule has 19 heavy (non-hydrogen) atoms. The number of carbonyl (C=O) groups is 1. The Hall–Kier alpha value is -1.65. The summed E-state index contributed by atoms with van der Waals surface area (Å²) in [6.07, 6.45) is 3.83. The van der Waals surface area contributed by atoms with Gasteiger partial charge in [0.2, 0.25) is 0 Å². The molecule has 1 aromatic heterocycles. The molecule has 0 radical (unpaired) electrons. The lowest BCUT2D eigenvalue weighted by atomic mass is 10.1. The third-order valence-electron chi connectivity index (χ3n) is 3.95. The highest BCUT2D eigenvalue weighted by Gasteiger charge is 2.26. The number of nitrogens with one attached hydrogen (secondary N) is 1. The molecule has 0 saturated carbocycles. The fourth-order valence-corrected chi connectivity index (χ4v) is 2.88. The van der Waals surface area contributed by atoms with Gasteiger partial charge in [-0.15, -0.1) is 0 Å². The number of Topliss-reactive ketones (excluding diaryl/α,β-unsaturated/α-hetero) is 1. The van der Waals surface area contributed by atoms with Gasteiger partial charge in [0.05, 0.1) is 13.2 Å². The molecule has 4 nitrogen and oxygen atoms in total. The normalized spacial score (nSPS) is 20.2. The summed E-state index contributed by atoms with van der Waals surface area (Å²) in [6, 6.07) is 7.98. The first-order valence-electron chi connectivity index (χ1n) is 6.74. The highest BCUT2D eigenvalue weighted by atomic mass is 16.3. The second-order valence-electron chi connectivity index (χ2n) is 5.12. The Morgan fingerprint density at radius 2 is 2.26 bits per heavy atom. The van der Waals surface area contributed by atoms with Crippen molar-refractivity contribution in [2.24, 2.45) is 0 Å². The van der Waals surface area contributed by atoms with Gasteiger partial charge in [0.1, 0.15) is 0 Å². The van der Waals surface area contributed by atoms with Crippen molar-refractivity contribution in [1.29, 1.82) is 0 Å². The van der Waals surface area contributed by atoms with Crippen molar-refractivity contribution in [3.63, 3.8) is 0 Å². The summed E-state index contributed by atoms with van der Waals surface area (Å²) < 4.78 is 0. The first-order chi connectivity index (χ1) is 9.29. The number of aliphatic hydroxyl groups is 1. The van der Waals surface area contributed by atoms with Crippen LogP contribution in [0.4, 0.5) is 0 Å². The number of nitrogens with zero attached hydrogens (tertiary/aromatic N) is 1. The monoisotopic (exact) mass is 258 g/mol. The molecule has 2 heterocycles. The van der Waals surface area contributed by atoms with E-state index in [1.54, 1.807) is 6.20 Å². The van der Waals surface area contributed by atoms with Crippen LogP contribution in [0.15, 0.2) is 30.5 Å². The first kappa shape index (κ1) is 12.4. The van der Waals surface area contributed by atoms with E-state index in [1.165, 1.54) is 0 Å². The van der Waals surface area contributed by atoms with Crippen LogP contribution in [0.2, 0.25) is 0 Å². The molecule has 1 aromatic carbocycles. The zero-order valence-electron chi connectivity index (χ0n) is 10.8. The number of rotatable bonds is 4. The molecule has 2 aromatic rings. The number of fused-ring (bicyclic) bond motifs is 1. The predicted octanol–water partition coefficient (Wildman–Crippen LogP) is 1.81. The van der Waals surface area contributed by atoms with Gasteiger partial charge in [-0.1, -0.05) is 18.2 Å². The van der Waals surface area contributed by atoms with Crippen molar-refractivity contribution in [3.8, 4) is 0 Å². The van der Waals surface area contributed by atoms with Crippen molar-refractivity contribution in [3.05, 3.63) is 36.0 Å². The number of hydrogen-bond acceptors (Lipinski definition) is 3. The Balaban J connectivity index is 1.80. The van der Waals surface area contributed by atoms with Gasteiger partial charge >= 0.3 is 0 Å². The molecule has 0 aliphatic carbocycles. The molecule has 0 unspecified atom stereocenters. The molecule has 1 atom stereocenters. The molecule has 1 aliphatic heterocycles. The van der Waals surface area contributed by atoms with Crippen LogP contribution in [-0.2, 0) is 0 Å². The van der Waals surface area contributed by atoms with Crippen molar-refractivity contribution in [2.45, 2.75) is 18.9 Å². The van der Waals surface area contributed by atoms with Crippen molar-refractivity contribution in [2.75, 3.05) is 19.7 Å². The topological polar surface area (TPSA) is 56.3 Å². The Kier molecular flexibility index (Phi) is 3.36. The summed E-state index contributed by atoms with van der Waals surface area (Å²) in [4.78, 5) is 17.6. The molecular formula is C15H18N2O2. The molecule has 1 fully saturated rings. The number of aliphatic hydroxyl groups excluding tert-OH is 1. The van der Waals surface area contributed by atoms with Crippen LogP contribution < -0.4 is 0 Å². The minimum atomic E-state index is 0.123. The van der Waals surface area contributed by atoms with Crippen LogP contribution in [0.5, 0.6) is 0 Å². The van der Waals surface area contributed by atoms with E-state index in [0.29, 0.717) is 6.54 Å². The van der Waals surface area contributed by atoms with Crippen LogP contribution >= 0.6 is 0 Å². The number of likely N-dealkylation sites (tertiary alicyclic amines) is 1. The number of aromatic amines is 1. The average Bonchev–Trinajstić information content (AvgIpc) is 3.04. The fourth-order valence-electron chi connectivity index (χ4n) is 2.88. The van der Waals surface area contributed by atoms with E-state index in [0.717, 1.165) is 35.9 Å².